The number of ether oxygens (including phenoxy) is 2. The molecule has 24 heavy (non-hydrogen) atoms. The van der Waals surface area contributed by atoms with E-state index in [1.54, 1.807) is 0 Å². The summed E-state index contributed by atoms with van der Waals surface area (Å²) in [5.74, 6) is 1.39. The minimum absolute atomic E-state index is 0.0684. The molecule has 4 aliphatic rings. The summed E-state index contributed by atoms with van der Waals surface area (Å²) in [4.78, 5) is 28.3. The van der Waals surface area contributed by atoms with Crippen molar-refractivity contribution in [1.29, 1.82) is 0 Å². The van der Waals surface area contributed by atoms with Gasteiger partial charge in [-0.25, -0.2) is 0 Å². The Bertz CT molecular complexity index is 497. The number of amides is 2. The number of likely N-dealkylation sites (tertiary alicyclic amines) is 2. The lowest BCUT2D eigenvalue weighted by Gasteiger charge is -2.48. The third kappa shape index (κ3) is 3.30. The van der Waals surface area contributed by atoms with Gasteiger partial charge < -0.3 is 19.3 Å². The maximum Gasteiger partial charge on any atom is 0.248 e. The Balaban J connectivity index is 1.20. The molecule has 4 saturated heterocycles. The Hall–Kier alpha value is -0.790. The van der Waals surface area contributed by atoms with Crippen LogP contribution in [0.4, 0.5) is 0 Å². The van der Waals surface area contributed by atoms with Gasteiger partial charge in [0, 0.05) is 38.5 Å². The summed E-state index contributed by atoms with van der Waals surface area (Å²) in [6.07, 6.45) is 4.19. The molecule has 134 valence electrons. The fourth-order valence-electron chi connectivity index (χ4n) is 4.17. The van der Waals surface area contributed by atoms with Gasteiger partial charge in [0.2, 0.25) is 11.8 Å². The summed E-state index contributed by atoms with van der Waals surface area (Å²) < 4.78 is 11.4. The molecule has 4 aliphatic heterocycles. The molecule has 0 aliphatic carbocycles. The summed E-state index contributed by atoms with van der Waals surface area (Å²) >= 11 is 1.91. The highest BCUT2D eigenvalue weighted by molar-refractivity contribution is 8.01. The molecule has 0 aromatic carbocycles. The molecule has 6 nitrogen and oxygen atoms in total. The van der Waals surface area contributed by atoms with Gasteiger partial charge in [-0.1, -0.05) is 0 Å². The fourth-order valence-corrected chi connectivity index (χ4v) is 5.72. The lowest BCUT2D eigenvalue weighted by Crippen LogP contribution is -2.62. The lowest BCUT2D eigenvalue weighted by molar-refractivity contribution is -0.141. The normalized spacial score (nSPS) is 31.7. The third-order valence-corrected chi connectivity index (χ3v) is 7.20. The largest absolute Gasteiger partial charge is 0.381 e. The van der Waals surface area contributed by atoms with E-state index in [2.05, 4.69) is 0 Å². The molecule has 0 N–H and O–H groups in total. The highest BCUT2D eigenvalue weighted by Gasteiger charge is 2.51. The standard InChI is InChI=1S/C17H26N2O4S/c20-15(18-4-1-2-5-18)9-23-14-7-17(24-10-14)11-19(12-17)16(21)13-3-6-22-8-13/h13-14H,1-12H2/t13-,14+/m1/s1. The monoisotopic (exact) mass is 354 g/mol. The minimum Gasteiger partial charge on any atom is -0.381 e. The smallest absolute Gasteiger partial charge is 0.248 e. The van der Waals surface area contributed by atoms with E-state index in [1.165, 1.54) is 0 Å². The molecule has 4 heterocycles. The summed E-state index contributed by atoms with van der Waals surface area (Å²) in [5, 5.41) is 0. The molecule has 2 atom stereocenters. The second-order valence-electron chi connectivity index (χ2n) is 7.47. The molecule has 7 heteroatoms. The van der Waals surface area contributed by atoms with Gasteiger partial charge in [0.05, 0.1) is 23.4 Å². The van der Waals surface area contributed by atoms with Crippen molar-refractivity contribution >= 4 is 23.6 Å². The maximum atomic E-state index is 12.4. The van der Waals surface area contributed by atoms with Crippen molar-refractivity contribution in [2.75, 3.05) is 51.8 Å². The van der Waals surface area contributed by atoms with Gasteiger partial charge >= 0.3 is 0 Å². The third-order valence-electron chi connectivity index (χ3n) is 5.63. The predicted molar refractivity (Wildman–Crippen MR) is 90.9 cm³/mol. The molecule has 0 aromatic rings. The van der Waals surface area contributed by atoms with Gasteiger partial charge in [-0.3, -0.25) is 9.59 Å². The van der Waals surface area contributed by atoms with Crippen LogP contribution < -0.4 is 0 Å². The summed E-state index contributed by atoms with van der Waals surface area (Å²) in [5.41, 5.74) is 0. The van der Waals surface area contributed by atoms with Crippen molar-refractivity contribution in [3.8, 4) is 0 Å². The highest BCUT2D eigenvalue weighted by atomic mass is 32.2. The quantitative estimate of drug-likeness (QED) is 0.746. The van der Waals surface area contributed by atoms with Crippen molar-refractivity contribution in [3.05, 3.63) is 0 Å². The second kappa shape index (κ2) is 6.84. The lowest BCUT2D eigenvalue weighted by atomic mass is 9.91. The van der Waals surface area contributed by atoms with Crippen molar-refractivity contribution in [3.63, 3.8) is 0 Å². The van der Waals surface area contributed by atoms with Gasteiger partial charge in [-0.15, -0.1) is 11.8 Å². The van der Waals surface area contributed by atoms with Gasteiger partial charge in [0.25, 0.3) is 0 Å². The molecule has 0 aromatic heterocycles. The zero-order valence-corrected chi connectivity index (χ0v) is 14.9. The highest BCUT2D eigenvalue weighted by Crippen LogP contribution is 2.46. The number of nitrogens with zero attached hydrogens (tertiary/aromatic N) is 2. The first-order valence-corrected chi connectivity index (χ1v) is 10.0. The van der Waals surface area contributed by atoms with Crippen LogP contribution in [-0.4, -0.2) is 84.2 Å². The Kier molecular flexibility index (Phi) is 4.75. The number of carbonyl (C=O) groups excluding carboxylic acids is 2. The van der Waals surface area contributed by atoms with Crippen LogP contribution >= 0.6 is 11.8 Å². The first-order chi connectivity index (χ1) is 11.7. The van der Waals surface area contributed by atoms with E-state index in [0.29, 0.717) is 13.2 Å². The van der Waals surface area contributed by atoms with Crippen LogP contribution in [0.1, 0.15) is 25.7 Å². The molecule has 2 amide bonds. The molecular formula is C17H26N2O4S. The van der Waals surface area contributed by atoms with Crippen molar-refractivity contribution < 1.29 is 19.1 Å². The Labute approximate surface area is 147 Å². The molecule has 4 fully saturated rings. The van der Waals surface area contributed by atoms with E-state index in [0.717, 1.165) is 57.6 Å². The van der Waals surface area contributed by atoms with Gasteiger partial charge in [0.15, 0.2) is 0 Å². The second-order valence-corrected chi connectivity index (χ2v) is 8.96. The van der Waals surface area contributed by atoms with Gasteiger partial charge in [-0.05, 0) is 25.7 Å². The maximum absolute atomic E-state index is 12.4. The number of thioether (sulfide) groups is 1. The predicted octanol–water partition coefficient (Wildman–Crippen LogP) is 0.748. The van der Waals surface area contributed by atoms with Crippen molar-refractivity contribution in [2.45, 2.75) is 36.5 Å². The fraction of sp³-hybridized carbons (Fsp3) is 0.882. The molecule has 0 radical (unpaired) electrons. The molecule has 0 saturated carbocycles. The van der Waals surface area contributed by atoms with Gasteiger partial charge in [0.1, 0.15) is 6.61 Å². The van der Waals surface area contributed by atoms with Gasteiger partial charge in [-0.2, -0.15) is 0 Å². The minimum atomic E-state index is 0.0684. The van der Waals surface area contributed by atoms with Crippen molar-refractivity contribution in [1.82, 2.24) is 9.80 Å². The average molecular weight is 354 g/mol. The van der Waals surface area contributed by atoms with E-state index in [-0.39, 0.29) is 35.2 Å². The van der Waals surface area contributed by atoms with E-state index in [9.17, 15) is 9.59 Å². The number of hydrogen-bond acceptors (Lipinski definition) is 5. The topological polar surface area (TPSA) is 59.1 Å². The summed E-state index contributed by atoms with van der Waals surface area (Å²) in [7, 11) is 0. The van der Waals surface area contributed by atoms with E-state index >= 15 is 0 Å². The zero-order chi connectivity index (χ0) is 16.6. The molecule has 0 bridgehead atoms. The first-order valence-electron chi connectivity index (χ1n) is 9.05. The van der Waals surface area contributed by atoms with E-state index in [4.69, 9.17) is 9.47 Å². The van der Waals surface area contributed by atoms with E-state index < -0.39 is 0 Å². The Morgan fingerprint density at radius 2 is 2.00 bits per heavy atom. The Morgan fingerprint density at radius 3 is 2.71 bits per heavy atom. The van der Waals surface area contributed by atoms with Crippen LogP contribution in [0.2, 0.25) is 0 Å². The zero-order valence-electron chi connectivity index (χ0n) is 14.1. The van der Waals surface area contributed by atoms with Crippen LogP contribution in [0, 0.1) is 5.92 Å². The Morgan fingerprint density at radius 1 is 1.21 bits per heavy atom. The van der Waals surface area contributed by atoms with Crippen LogP contribution in [0.3, 0.4) is 0 Å². The molecular weight excluding hydrogens is 328 g/mol. The van der Waals surface area contributed by atoms with Crippen LogP contribution in [0.25, 0.3) is 0 Å². The summed E-state index contributed by atoms with van der Waals surface area (Å²) in [6.45, 7) is 4.93. The van der Waals surface area contributed by atoms with Crippen LogP contribution in [0.15, 0.2) is 0 Å². The molecule has 4 rings (SSSR count). The molecule has 1 spiro atoms. The number of rotatable bonds is 4. The number of carbonyl (C=O) groups is 2. The van der Waals surface area contributed by atoms with Crippen LogP contribution in [0.5, 0.6) is 0 Å². The average Bonchev–Trinajstić information content (AvgIpc) is 3.31. The first kappa shape index (κ1) is 16.7. The SMILES string of the molecule is O=C(CO[C@@H]1CSC2(C1)CN(C(=O)[C@@H]1CCOC1)C2)N1CCCC1. The number of hydrogen-bond donors (Lipinski definition) is 0. The van der Waals surface area contributed by atoms with Crippen LogP contribution in [-0.2, 0) is 19.1 Å². The molecule has 0 unspecified atom stereocenters. The van der Waals surface area contributed by atoms with Crippen molar-refractivity contribution in [2.24, 2.45) is 5.92 Å². The van der Waals surface area contributed by atoms with E-state index in [1.807, 2.05) is 21.6 Å². The summed E-state index contributed by atoms with van der Waals surface area (Å²) in [6, 6.07) is 0.